The zero-order valence-corrected chi connectivity index (χ0v) is 12.0. The summed E-state index contributed by atoms with van der Waals surface area (Å²) in [7, 11) is 0. The SMILES string of the molecule is O=c1c2[nH]ccc2n(C2CCC2)c(=O)n1Cc1ccncc1. The van der Waals surface area contributed by atoms with E-state index < -0.39 is 0 Å². The van der Waals surface area contributed by atoms with Crippen LogP contribution >= 0.6 is 0 Å². The molecule has 0 radical (unpaired) electrons. The second-order valence-corrected chi connectivity index (χ2v) is 5.72. The highest BCUT2D eigenvalue weighted by molar-refractivity contribution is 5.74. The van der Waals surface area contributed by atoms with Crippen LogP contribution in [0.3, 0.4) is 0 Å². The summed E-state index contributed by atoms with van der Waals surface area (Å²) in [6.45, 7) is 0.266. The van der Waals surface area contributed by atoms with Crippen LogP contribution < -0.4 is 11.2 Å². The molecular weight excluding hydrogens is 280 g/mol. The third kappa shape index (κ3) is 1.91. The number of nitrogens with zero attached hydrogens (tertiary/aromatic N) is 3. The molecule has 1 aliphatic carbocycles. The molecule has 0 saturated heterocycles. The molecule has 0 spiro atoms. The Morgan fingerprint density at radius 2 is 1.95 bits per heavy atom. The zero-order chi connectivity index (χ0) is 15.1. The van der Waals surface area contributed by atoms with Gasteiger partial charge in [0.2, 0.25) is 0 Å². The minimum atomic E-state index is -0.266. The van der Waals surface area contributed by atoms with E-state index in [1.807, 2.05) is 18.2 Å². The highest BCUT2D eigenvalue weighted by Gasteiger charge is 2.25. The molecule has 6 nitrogen and oxygen atoms in total. The van der Waals surface area contributed by atoms with Gasteiger partial charge in [-0.15, -0.1) is 0 Å². The summed E-state index contributed by atoms with van der Waals surface area (Å²) in [5, 5.41) is 0. The van der Waals surface area contributed by atoms with Crippen LogP contribution in [0.5, 0.6) is 0 Å². The fourth-order valence-electron chi connectivity index (χ4n) is 3.00. The Balaban J connectivity index is 1.94. The van der Waals surface area contributed by atoms with E-state index in [4.69, 9.17) is 0 Å². The topological polar surface area (TPSA) is 72.7 Å². The minimum absolute atomic E-state index is 0.204. The number of hydrogen-bond donors (Lipinski definition) is 1. The lowest BCUT2D eigenvalue weighted by atomic mass is 9.93. The van der Waals surface area contributed by atoms with Crippen molar-refractivity contribution >= 4 is 11.0 Å². The third-order valence-corrected chi connectivity index (χ3v) is 4.41. The monoisotopic (exact) mass is 296 g/mol. The first kappa shape index (κ1) is 13.1. The minimum Gasteiger partial charge on any atom is -0.355 e. The maximum atomic E-state index is 12.8. The highest BCUT2D eigenvalue weighted by Crippen LogP contribution is 2.31. The number of aromatic amines is 1. The fourth-order valence-corrected chi connectivity index (χ4v) is 3.00. The van der Waals surface area contributed by atoms with Crippen LogP contribution in [0.15, 0.2) is 46.4 Å². The predicted molar refractivity (Wildman–Crippen MR) is 83.0 cm³/mol. The van der Waals surface area contributed by atoms with E-state index in [-0.39, 0.29) is 23.8 Å². The average molecular weight is 296 g/mol. The van der Waals surface area contributed by atoms with Crippen LogP contribution in [0, 0.1) is 0 Å². The van der Waals surface area contributed by atoms with Crippen LogP contribution in [0.4, 0.5) is 0 Å². The van der Waals surface area contributed by atoms with E-state index in [2.05, 4.69) is 9.97 Å². The summed E-state index contributed by atoms with van der Waals surface area (Å²) < 4.78 is 3.09. The Labute approximate surface area is 126 Å². The van der Waals surface area contributed by atoms with Gasteiger partial charge in [0.05, 0.1) is 12.1 Å². The summed E-state index contributed by atoms with van der Waals surface area (Å²) in [6.07, 6.45) is 8.17. The number of nitrogens with one attached hydrogen (secondary N) is 1. The molecule has 1 fully saturated rings. The van der Waals surface area contributed by atoms with Gasteiger partial charge in [0.15, 0.2) is 0 Å². The van der Waals surface area contributed by atoms with Gasteiger partial charge >= 0.3 is 5.69 Å². The molecule has 3 heterocycles. The van der Waals surface area contributed by atoms with Gasteiger partial charge in [-0.3, -0.25) is 18.9 Å². The number of pyridine rings is 1. The van der Waals surface area contributed by atoms with Crippen molar-refractivity contribution < 1.29 is 0 Å². The van der Waals surface area contributed by atoms with Crippen LogP contribution in [0.1, 0.15) is 30.9 Å². The van der Waals surface area contributed by atoms with Crippen molar-refractivity contribution in [2.24, 2.45) is 0 Å². The Morgan fingerprint density at radius 1 is 1.18 bits per heavy atom. The molecule has 0 bridgehead atoms. The van der Waals surface area contributed by atoms with Gasteiger partial charge in [-0.05, 0) is 43.0 Å². The summed E-state index contributed by atoms with van der Waals surface area (Å²) in [4.78, 5) is 32.4. The van der Waals surface area contributed by atoms with Crippen LogP contribution in [0.2, 0.25) is 0 Å². The summed E-state index contributed by atoms with van der Waals surface area (Å²) in [6, 6.07) is 5.65. The lowest BCUT2D eigenvalue weighted by Crippen LogP contribution is -2.42. The molecule has 112 valence electrons. The van der Waals surface area contributed by atoms with Crippen molar-refractivity contribution in [3.05, 3.63) is 63.2 Å². The Morgan fingerprint density at radius 3 is 2.64 bits per heavy atom. The second kappa shape index (κ2) is 4.98. The summed E-state index contributed by atoms with van der Waals surface area (Å²) in [5.41, 5.74) is 1.61. The van der Waals surface area contributed by atoms with Crippen molar-refractivity contribution in [2.75, 3.05) is 0 Å². The lowest BCUT2D eigenvalue weighted by molar-refractivity contribution is 0.306. The van der Waals surface area contributed by atoms with Crippen molar-refractivity contribution in [1.82, 2.24) is 19.1 Å². The maximum absolute atomic E-state index is 12.8. The van der Waals surface area contributed by atoms with Crippen LogP contribution in [-0.2, 0) is 6.54 Å². The van der Waals surface area contributed by atoms with Gasteiger partial charge in [0, 0.05) is 24.6 Å². The number of fused-ring (bicyclic) bond motifs is 1. The maximum Gasteiger partial charge on any atom is 0.332 e. The molecule has 0 aromatic carbocycles. The molecule has 0 unspecified atom stereocenters. The number of H-pyrrole nitrogens is 1. The summed E-state index contributed by atoms with van der Waals surface area (Å²) in [5.74, 6) is 0. The normalized spacial score (nSPS) is 15.1. The second-order valence-electron chi connectivity index (χ2n) is 5.72. The molecule has 1 saturated carbocycles. The molecule has 0 atom stereocenters. The third-order valence-electron chi connectivity index (χ3n) is 4.41. The van der Waals surface area contributed by atoms with E-state index >= 15 is 0 Å². The smallest absolute Gasteiger partial charge is 0.332 e. The van der Waals surface area contributed by atoms with Crippen molar-refractivity contribution in [3.8, 4) is 0 Å². The number of hydrogen-bond acceptors (Lipinski definition) is 3. The van der Waals surface area contributed by atoms with Gasteiger partial charge in [-0.2, -0.15) is 0 Å². The van der Waals surface area contributed by atoms with E-state index in [9.17, 15) is 9.59 Å². The molecule has 1 N–H and O–H groups in total. The average Bonchev–Trinajstić information content (AvgIpc) is 2.96. The summed E-state index contributed by atoms with van der Waals surface area (Å²) >= 11 is 0. The molecular formula is C16H16N4O2. The largest absolute Gasteiger partial charge is 0.355 e. The van der Waals surface area contributed by atoms with Gasteiger partial charge in [0.1, 0.15) is 5.52 Å². The first-order valence-electron chi connectivity index (χ1n) is 7.47. The predicted octanol–water partition coefficient (Wildman–Crippen LogP) is 1.66. The van der Waals surface area contributed by atoms with Crippen LogP contribution in [0.25, 0.3) is 11.0 Å². The number of rotatable bonds is 3. The molecule has 3 aromatic heterocycles. The molecule has 0 amide bonds. The Kier molecular flexibility index (Phi) is 2.96. The fraction of sp³-hybridized carbons (Fsp3) is 0.312. The van der Waals surface area contributed by atoms with E-state index in [0.717, 1.165) is 24.8 Å². The van der Waals surface area contributed by atoms with Crippen molar-refractivity contribution in [3.63, 3.8) is 0 Å². The molecule has 0 aliphatic heterocycles. The van der Waals surface area contributed by atoms with E-state index in [1.165, 1.54) is 4.57 Å². The van der Waals surface area contributed by atoms with Gasteiger partial charge < -0.3 is 4.98 Å². The first-order valence-corrected chi connectivity index (χ1v) is 7.47. The van der Waals surface area contributed by atoms with Crippen molar-refractivity contribution in [1.29, 1.82) is 0 Å². The molecule has 22 heavy (non-hydrogen) atoms. The Hall–Kier alpha value is -2.63. The van der Waals surface area contributed by atoms with Crippen molar-refractivity contribution in [2.45, 2.75) is 31.8 Å². The van der Waals surface area contributed by atoms with Crippen LogP contribution in [-0.4, -0.2) is 19.1 Å². The molecule has 6 heteroatoms. The van der Waals surface area contributed by atoms with E-state index in [0.29, 0.717) is 11.0 Å². The van der Waals surface area contributed by atoms with Gasteiger partial charge in [0.25, 0.3) is 5.56 Å². The Bertz CT molecular complexity index is 932. The quantitative estimate of drug-likeness (QED) is 0.799. The molecule has 3 aromatic rings. The first-order chi connectivity index (χ1) is 10.8. The molecule has 1 aliphatic rings. The van der Waals surface area contributed by atoms with Gasteiger partial charge in [-0.1, -0.05) is 0 Å². The highest BCUT2D eigenvalue weighted by atomic mass is 16.2. The van der Waals surface area contributed by atoms with Gasteiger partial charge in [-0.25, -0.2) is 4.79 Å². The van der Waals surface area contributed by atoms with E-state index in [1.54, 1.807) is 23.2 Å². The lowest BCUT2D eigenvalue weighted by Gasteiger charge is -2.28. The molecule has 4 rings (SSSR count). The zero-order valence-electron chi connectivity index (χ0n) is 12.0. The number of aromatic nitrogens is 4. The standard InChI is InChI=1S/C16H16N4O2/c21-15-14-13(6-9-18-14)20(12-2-1-3-12)16(22)19(15)10-11-4-7-17-8-5-11/h4-9,12,18H,1-3,10H2.